The van der Waals surface area contributed by atoms with Gasteiger partial charge >= 0.3 is 0 Å². The second kappa shape index (κ2) is 6.94. The summed E-state index contributed by atoms with van der Waals surface area (Å²) in [6, 6.07) is 0. The third-order valence-electron chi connectivity index (χ3n) is 10.6. The van der Waals surface area contributed by atoms with E-state index in [1.807, 2.05) is 0 Å². The highest BCUT2D eigenvalue weighted by Crippen LogP contribution is 2.66. The smallest absolute Gasteiger partial charge is 0.192 e. The van der Waals surface area contributed by atoms with Gasteiger partial charge in [0.05, 0.1) is 6.10 Å². The molecule has 3 saturated carbocycles. The lowest BCUT2D eigenvalue weighted by Crippen LogP contribution is -2.54. The minimum Gasteiger partial charge on any atom is -0.414 e. The molecule has 3 heteroatoms. The fourth-order valence-electron chi connectivity index (χ4n) is 7.65. The second-order valence-electron chi connectivity index (χ2n) is 13.1. The van der Waals surface area contributed by atoms with Gasteiger partial charge in [0.2, 0.25) is 0 Å². The maximum atomic E-state index is 10.7. The van der Waals surface area contributed by atoms with Crippen molar-refractivity contribution in [2.45, 2.75) is 117 Å². The number of hydrogen-bond donors (Lipinski definition) is 1. The van der Waals surface area contributed by atoms with E-state index in [1.165, 1.54) is 32.1 Å². The van der Waals surface area contributed by atoms with Crippen molar-refractivity contribution in [2.24, 2.45) is 34.5 Å². The molecule has 0 aromatic rings. The monoisotopic (exact) mass is 418 g/mol. The van der Waals surface area contributed by atoms with Crippen molar-refractivity contribution >= 4 is 8.32 Å². The van der Waals surface area contributed by atoms with E-state index in [9.17, 15) is 5.11 Å². The molecule has 0 spiro atoms. The topological polar surface area (TPSA) is 29.5 Å². The number of hydrogen-bond acceptors (Lipinski definition) is 2. The molecule has 0 amide bonds. The van der Waals surface area contributed by atoms with Crippen LogP contribution in [0, 0.1) is 34.5 Å². The Morgan fingerprint density at radius 3 is 2.38 bits per heavy atom. The average molecular weight is 419 g/mol. The Hall–Kier alpha value is -0.123. The van der Waals surface area contributed by atoms with Crippen LogP contribution in [-0.4, -0.2) is 25.6 Å². The van der Waals surface area contributed by atoms with Gasteiger partial charge in [-0.1, -0.05) is 53.2 Å². The van der Waals surface area contributed by atoms with Crippen LogP contribution in [0.25, 0.3) is 0 Å². The van der Waals surface area contributed by atoms with E-state index in [2.05, 4.69) is 60.7 Å². The van der Waals surface area contributed by atoms with Gasteiger partial charge in [-0.3, -0.25) is 0 Å². The molecular weight excluding hydrogens is 372 g/mol. The fraction of sp³-hybridized carbons (Fsp3) is 0.923. The molecule has 4 rings (SSSR count). The predicted molar refractivity (Wildman–Crippen MR) is 124 cm³/mol. The SMILES string of the molecule is CC1C=C2C[C@@H](O[Si](C)(C)C(C)(C)C)CC[C@]2(C)[C@H]2CC[C@]3(C)C(O)CC[C@H]3[C@H]12. The van der Waals surface area contributed by atoms with Crippen LogP contribution in [0.3, 0.4) is 0 Å². The molecule has 0 radical (unpaired) electrons. The van der Waals surface area contributed by atoms with Crippen LogP contribution in [0.4, 0.5) is 0 Å². The zero-order valence-corrected chi connectivity index (χ0v) is 21.3. The van der Waals surface area contributed by atoms with Crippen LogP contribution < -0.4 is 0 Å². The molecule has 8 atom stereocenters. The molecule has 3 fully saturated rings. The molecule has 2 unspecified atom stereocenters. The highest BCUT2D eigenvalue weighted by molar-refractivity contribution is 6.74. The quantitative estimate of drug-likeness (QED) is 0.388. The number of fused-ring (bicyclic) bond motifs is 5. The summed E-state index contributed by atoms with van der Waals surface area (Å²) < 4.78 is 6.87. The summed E-state index contributed by atoms with van der Waals surface area (Å²) >= 11 is 0. The lowest BCUT2D eigenvalue weighted by molar-refractivity contribution is -0.0842. The van der Waals surface area contributed by atoms with Gasteiger partial charge in [-0.05, 0) is 97.6 Å². The van der Waals surface area contributed by atoms with Gasteiger partial charge in [-0.25, -0.2) is 0 Å². The van der Waals surface area contributed by atoms with E-state index in [0.29, 0.717) is 23.4 Å². The third-order valence-corrected chi connectivity index (χ3v) is 15.1. The molecule has 1 N–H and O–H groups in total. The van der Waals surface area contributed by atoms with E-state index in [0.717, 1.165) is 24.7 Å². The van der Waals surface area contributed by atoms with Crippen LogP contribution in [0.5, 0.6) is 0 Å². The van der Waals surface area contributed by atoms with Crippen molar-refractivity contribution in [2.75, 3.05) is 0 Å². The molecule has 0 bridgehead atoms. The van der Waals surface area contributed by atoms with Gasteiger partial charge < -0.3 is 9.53 Å². The largest absolute Gasteiger partial charge is 0.414 e. The summed E-state index contributed by atoms with van der Waals surface area (Å²) in [7, 11) is -1.71. The van der Waals surface area contributed by atoms with Gasteiger partial charge in [-0.15, -0.1) is 0 Å². The van der Waals surface area contributed by atoms with Gasteiger partial charge in [0, 0.05) is 6.10 Å². The molecule has 0 aromatic heterocycles. The van der Waals surface area contributed by atoms with E-state index in [-0.39, 0.29) is 16.6 Å². The normalized spacial score (nSPS) is 47.8. The standard InChI is InChI=1S/C26H46O2Si/c1-17-15-18-16-19(28-29(7,8)24(2,3)4)11-13-25(18,5)21-12-14-26(6)20(23(17)21)9-10-22(26)27/h15,17,19-23,27H,9-14,16H2,1-8H3/t17?,19-,20-,21-,22?,23-,25-,26-/m0/s1. The van der Waals surface area contributed by atoms with Crippen molar-refractivity contribution in [3.8, 4) is 0 Å². The second-order valence-corrected chi connectivity index (χ2v) is 17.9. The summed E-state index contributed by atoms with van der Waals surface area (Å²) in [4.78, 5) is 0. The van der Waals surface area contributed by atoms with Gasteiger partial charge in [0.15, 0.2) is 8.32 Å². The van der Waals surface area contributed by atoms with E-state index in [1.54, 1.807) is 5.57 Å². The predicted octanol–water partition coefficient (Wildman–Crippen LogP) is 6.95. The minimum atomic E-state index is -1.71. The highest BCUT2D eigenvalue weighted by atomic mass is 28.4. The molecule has 4 aliphatic carbocycles. The number of rotatable bonds is 2. The van der Waals surface area contributed by atoms with Crippen LogP contribution in [0.2, 0.25) is 18.1 Å². The molecular formula is C26H46O2Si. The molecule has 2 nitrogen and oxygen atoms in total. The Morgan fingerprint density at radius 2 is 1.72 bits per heavy atom. The van der Waals surface area contributed by atoms with Gasteiger partial charge in [0.25, 0.3) is 0 Å². The molecule has 166 valence electrons. The Bertz CT molecular complexity index is 677. The first-order valence-corrected chi connectivity index (χ1v) is 15.3. The Morgan fingerprint density at radius 1 is 1.03 bits per heavy atom. The minimum absolute atomic E-state index is 0.0763. The van der Waals surface area contributed by atoms with Crippen LogP contribution in [0.1, 0.15) is 86.5 Å². The highest BCUT2D eigenvalue weighted by Gasteiger charge is 2.60. The van der Waals surface area contributed by atoms with Gasteiger partial charge in [-0.2, -0.15) is 0 Å². The van der Waals surface area contributed by atoms with Crippen molar-refractivity contribution in [3.05, 3.63) is 11.6 Å². The number of allylic oxidation sites excluding steroid dienone is 1. The lowest BCUT2D eigenvalue weighted by atomic mass is 9.46. The number of aliphatic hydroxyl groups excluding tert-OH is 1. The zero-order valence-electron chi connectivity index (χ0n) is 20.3. The summed E-state index contributed by atoms with van der Waals surface area (Å²) in [5.74, 6) is 2.92. The van der Waals surface area contributed by atoms with E-state index in [4.69, 9.17) is 4.43 Å². The van der Waals surface area contributed by atoms with Crippen molar-refractivity contribution in [1.82, 2.24) is 0 Å². The Labute approximate surface area is 181 Å². The summed E-state index contributed by atoms with van der Waals surface area (Å²) in [5.41, 5.74) is 2.24. The number of aliphatic hydroxyl groups is 1. The summed E-state index contributed by atoms with van der Waals surface area (Å²) in [5, 5.41) is 11.0. The third kappa shape index (κ3) is 3.33. The first-order valence-electron chi connectivity index (χ1n) is 12.4. The maximum absolute atomic E-state index is 10.7. The van der Waals surface area contributed by atoms with Crippen LogP contribution >= 0.6 is 0 Å². The maximum Gasteiger partial charge on any atom is 0.192 e. The van der Waals surface area contributed by atoms with Crippen LogP contribution in [-0.2, 0) is 4.43 Å². The van der Waals surface area contributed by atoms with Crippen molar-refractivity contribution in [1.29, 1.82) is 0 Å². The Kier molecular flexibility index (Phi) is 5.28. The summed E-state index contributed by atoms with van der Waals surface area (Å²) in [6.45, 7) is 19.3. The molecule has 0 aromatic carbocycles. The van der Waals surface area contributed by atoms with Gasteiger partial charge in [0.1, 0.15) is 0 Å². The average Bonchev–Trinajstić information content (AvgIpc) is 2.90. The fourth-order valence-corrected chi connectivity index (χ4v) is 9.04. The molecule has 29 heavy (non-hydrogen) atoms. The lowest BCUT2D eigenvalue weighted by Gasteiger charge is -2.59. The molecule has 0 aliphatic heterocycles. The van der Waals surface area contributed by atoms with Crippen molar-refractivity contribution in [3.63, 3.8) is 0 Å². The molecule has 0 heterocycles. The first kappa shape index (κ1) is 22.1. The molecule has 0 saturated heterocycles. The van der Waals surface area contributed by atoms with Crippen molar-refractivity contribution < 1.29 is 9.53 Å². The van der Waals surface area contributed by atoms with Crippen LogP contribution in [0.15, 0.2) is 11.6 Å². The first-order chi connectivity index (χ1) is 13.3. The molecule has 4 aliphatic rings. The van der Waals surface area contributed by atoms with E-state index >= 15 is 0 Å². The Balaban J connectivity index is 1.58. The van der Waals surface area contributed by atoms with E-state index < -0.39 is 8.32 Å². The summed E-state index contributed by atoms with van der Waals surface area (Å²) in [6.07, 6.45) is 11.5. The zero-order chi connectivity index (χ0) is 21.4.